The van der Waals surface area contributed by atoms with Crippen molar-refractivity contribution in [1.29, 1.82) is 0 Å². The number of nitrogens with zero attached hydrogens (tertiary/aromatic N) is 7. The van der Waals surface area contributed by atoms with E-state index in [4.69, 9.17) is 0 Å². The molecule has 0 N–H and O–H groups in total. The van der Waals surface area contributed by atoms with Crippen LogP contribution < -0.4 is 0 Å². The molecule has 42 heavy (non-hydrogen) atoms. The van der Waals surface area contributed by atoms with Crippen LogP contribution in [0.5, 0.6) is 0 Å². The van der Waals surface area contributed by atoms with Crippen molar-refractivity contribution in [3.05, 3.63) is 89.1 Å². The Morgan fingerprint density at radius 2 is 1.81 bits per heavy atom. The van der Waals surface area contributed by atoms with Gasteiger partial charge in [-0.3, -0.25) is 9.78 Å². The molecule has 4 aromatic rings. The molecule has 3 aliphatic rings. The summed E-state index contributed by atoms with van der Waals surface area (Å²) in [5, 5.41) is 12.5. The Morgan fingerprint density at radius 3 is 2.50 bits per heavy atom. The highest BCUT2D eigenvalue weighted by molar-refractivity contribution is 7.89. The molecule has 0 spiro atoms. The quantitative estimate of drug-likeness (QED) is 0.300. The molecule has 0 amide bonds. The zero-order valence-corrected chi connectivity index (χ0v) is 23.5. The highest BCUT2D eigenvalue weighted by Crippen LogP contribution is 2.52. The van der Waals surface area contributed by atoms with Crippen LogP contribution in [0.2, 0.25) is 0 Å². The standard InChI is InChI=1S/C29H27F2N7O3S/c1-36-33-17-27(35-36)42(40,41)38(23-8-9-23)24-5-2-19-12-26-18(16-34-37(26)22-6-3-20(30)4-7-22)14-29(19,15-24)28(39)25-13-21(31)10-11-32-25/h3-4,6-7,10-13,16-17,23-24H,2,5,8-9,14-15H2,1H3/t24-,29-/m0/s1. The Balaban J connectivity index is 1.32. The summed E-state index contributed by atoms with van der Waals surface area (Å²) >= 11 is 0. The second-order valence-corrected chi connectivity index (χ2v) is 13.0. The van der Waals surface area contributed by atoms with Crippen LogP contribution in [-0.4, -0.2) is 60.3 Å². The first-order chi connectivity index (χ1) is 20.2. The molecule has 2 fully saturated rings. The maximum Gasteiger partial charge on any atom is 0.264 e. The first kappa shape index (κ1) is 26.8. The van der Waals surface area contributed by atoms with Gasteiger partial charge in [-0.05, 0) is 80.5 Å². The minimum absolute atomic E-state index is 0.00863. The molecule has 3 aliphatic carbocycles. The van der Waals surface area contributed by atoms with Gasteiger partial charge in [-0.2, -0.15) is 19.3 Å². The van der Waals surface area contributed by atoms with Crippen molar-refractivity contribution in [2.24, 2.45) is 12.5 Å². The lowest BCUT2D eigenvalue weighted by atomic mass is 9.60. The second kappa shape index (κ2) is 9.73. The summed E-state index contributed by atoms with van der Waals surface area (Å²) in [7, 11) is -2.43. The van der Waals surface area contributed by atoms with Crippen molar-refractivity contribution in [2.75, 3.05) is 0 Å². The van der Waals surface area contributed by atoms with Crippen LogP contribution >= 0.6 is 0 Å². The summed E-state index contributed by atoms with van der Waals surface area (Å²) < 4.78 is 58.9. The fourth-order valence-corrected chi connectivity index (χ4v) is 8.23. The molecule has 2 saturated carbocycles. The third-order valence-corrected chi connectivity index (χ3v) is 10.3. The predicted octanol–water partition coefficient (Wildman–Crippen LogP) is 3.89. The molecule has 2 atom stereocenters. The number of Topliss-reactive ketones (excluding diaryl/α,β-unsaturated/α-hetero) is 1. The lowest BCUT2D eigenvalue weighted by Gasteiger charge is -2.46. The molecule has 13 heteroatoms. The van der Waals surface area contributed by atoms with E-state index in [-0.39, 0.29) is 41.2 Å². The summed E-state index contributed by atoms with van der Waals surface area (Å²) in [6.07, 6.45) is 8.94. The highest BCUT2D eigenvalue weighted by atomic mass is 32.2. The highest BCUT2D eigenvalue weighted by Gasteiger charge is 2.54. The SMILES string of the molecule is Cn1ncc(S(=O)(=O)N(C2CC2)[C@H]2CCC3=Cc4c(cnn4-c4ccc(F)cc4)C[C@]3(C(=O)c3cc(F)ccn3)C2)n1. The molecule has 0 unspecified atom stereocenters. The average molecular weight is 592 g/mol. The zero-order valence-electron chi connectivity index (χ0n) is 22.7. The molecule has 0 radical (unpaired) electrons. The third-order valence-electron chi connectivity index (χ3n) is 8.48. The summed E-state index contributed by atoms with van der Waals surface area (Å²) in [5.74, 6) is -1.29. The van der Waals surface area contributed by atoms with E-state index >= 15 is 0 Å². The van der Waals surface area contributed by atoms with Crippen LogP contribution in [0.15, 0.2) is 65.6 Å². The summed E-state index contributed by atoms with van der Waals surface area (Å²) in [6.45, 7) is 0. The van der Waals surface area contributed by atoms with Crippen molar-refractivity contribution < 1.29 is 22.0 Å². The normalized spacial score (nSPS) is 22.0. The number of hydrogen-bond acceptors (Lipinski definition) is 7. The van der Waals surface area contributed by atoms with Gasteiger partial charge in [-0.15, -0.1) is 5.10 Å². The topological polar surface area (TPSA) is 116 Å². The van der Waals surface area contributed by atoms with Crippen molar-refractivity contribution >= 4 is 21.9 Å². The number of ketones is 1. The van der Waals surface area contributed by atoms with Gasteiger partial charge in [0, 0.05) is 31.4 Å². The molecule has 7 rings (SSSR count). The minimum atomic E-state index is -3.99. The summed E-state index contributed by atoms with van der Waals surface area (Å²) in [5.41, 5.74) is 1.88. The Morgan fingerprint density at radius 1 is 1.02 bits per heavy atom. The number of aryl methyl sites for hydroxylation is 1. The van der Waals surface area contributed by atoms with Gasteiger partial charge in [-0.1, -0.05) is 5.57 Å². The van der Waals surface area contributed by atoms with Crippen LogP contribution in [0.1, 0.15) is 53.8 Å². The number of carbonyl (C=O) groups excluding carboxylic acids is 1. The van der Waals surface area contributed by atoms with Gasteiger partial charge >= 0.3 is 0 Å². The summed E-state index contributed by atoms with van der Waals surface area (Å²) in [6, 6.07) is 7.61. The van der Waals surface area contributed by atoms with Crippen LogP contribution in [0.3, 0.4) is 0 Å². The van der Waals surface area contributed by atoms with Crippen LogP contribution in [0, 0.1) is 17.0 Å². The van der Waals surface area contributed by atoms with E-state index < -0.39 is 27.3 Å². The third kappa shape index (κ3) is 4.38. The van der Waals surface area contributed by atoms with Crippen LogP contribution in [0.4, 0.5) is 8.78 Å². The molecule has 3 heterocycles. The number of carbonyl (C=O) groups is 1. The van der Waals surface area contributed by atoms with Gasteiger partial charge < -0.3 is 0 Å². The molecule has 0 aliphatic heterocycles. The van der Waals surface area contributed by atoms with Crippen molar-refractivity contribution in [3.63, 3.8) is 0 Å². The average Bonchev–Trinajstić information content (AvgIpc) is 3.55. The van der Waals surface area contributed by atoms with E-state index in [1.54, 1.807) is 30.1 Å². The Kier molecular flexibility index (Phi) is 6.21. The second-order valence-electron chi connectivity index (χ2n) is 11.2. The van der Waals surface area contributed by atoms with Gasteiger partial charge in [0.1, 0.15) is 17.3 Å². The van der Waals surface area contributed by atoms with E-state index in [0.29, 0.717) is 18.5 Å². The molecule has 0 bridgehead atoms. The predicted molar refractivity (Wildman–Crippen MR) is 147 cm³/mol. The molecular formula is C29H27F2N7O3S. The van der Waals surface area contributed by atoms with Crippen LogP contribution in [-0.2, 0) is 23.5 Å². The van der Waals surface area contributed by atoms with Crippen LogP contribution in [0.25, 0.3) is 11.8 Å². The molecule has 1 aromatic carbocycles. The Labute approximate surface area is 240 Å². The van der Waals surface area contributed by atoms with Crippen molar-refractivity contribution in [3.8, 4) is 5.69 Å². The molecule has 10 nitrogen and oxygen atoms in total. The number of rotatable bonds is 7. The number of aromatic nitrogens is 6. The van der Waals surface area contributed by atoms with Gasteiger partial charge in [0.25, 0.3) is 10.0 Å². The zero-order chi connectivity index (χ0) is 29.2. The first-order valence-corrected chi connectivity index (χ1v) is 15.2. The number of pyridine rings is 1. The lowest BCUT2D eigenvalue weighted by Crippen LogP contribution is -2.51. The smallest absolute Gasteiger partial charge is 0.264 e. The van der Waals surface area contributed by atoms with Gasteiger partial charge in [0.15, 0.2) is 5.78 Å². The van der Waals surface area contributed by atoms with E-state index in [9.17, 15) is 22.0 Å². The molecule has 216 valence electrons. The van der Waals surface area contributed by atoms with Crippen molar-refractivity contribution in [1.82, 2.24) is 34.1 Å². The first-order valence-electron chi connectivity index (χ1n) is 13.8. The fraction of sp³-hybridized carbons (Fsp3) is 0.345. The number of benzene rings is 1. The van der Waals surface area contributed by atoms with Crippen molar-refractivity contribution in [2.45, 2.75) is 55.6 Å². The Hall–Kier alpha value is -4.10. The lowest BCUT2D eigenvalue weighted by molar-refractivity contribution is 0.0733. The van der Waals surface area contributed by atoms with E-state index in [1.807, 2.05) is 6.08 Å². The number of hydrogen-bond donors (Lipinski definition) is 0. The number of halogens is 2. The Bertz CT molecular complexity index is 1850. The maximum absolute atomic E-state index is 14.4. The number of sulfonamides is 1. The van der Waals surface area contributed by atoms with Gasteiger partial charge in [0.05, 0.1) is 29.2 Å². The molecular weight excluding hydrogens is 564 g/mol. The van der Waals surface area contributed by atoms with E-state index in [2.05, 4.69) is 20.3 Å². The van der Waals surface area contributed by atoms with E-state index in [0.717, 1.165) is 35.7 Å². The minimum Gasteiger partial charge on any atom is -0.291 e. The molecule has 3 aromatic heterocycles. The summed E-state index contributed by atoms with van der Waals surface area (Å²) in [4.78, 5) is 19.8. The van der Waals surface area contributed by atoms with Gasteiger partial charge in [0.2, 0.25) is 5.03 Å². The van der Waals surface area contributed by atoms with Gasteiger partial charge in [-0.25, -0.2) is 21.9 Å². The molecule has 0 saturated heterocycles. The fourth-order valence-electron chi connectivity index (χ4n) is 6.44. The van der Waals surface area contributed by atoms with E-state index in [1.165, 1.54) is 39.7 Å². The number of allylic oxidation sites excluding steroid dienone is 1. The largest absolute Gasteiger partial charge is 0.291 e. The number of fused-ring (bicyclic) bond motifs is 2. The monoisotopic (exact) mass is 591 g/mol. The maximum atomic E-state index is 14.4.